The number of aliphatic hydroxyl groups is 1. The summed E-state index contributed by atoms with van der Waals surface area (Å²) in [5, 5.41) is 10.8. The zero-order valence-corrected chi connectivity index (χ0v) is 22.0. The summed E-state index contributed by atoms with van der Waals surface area (Å²) in [7, 11) is 0. The monoisotopic (exact) mass is 559 g/mol. The van der Waals surface area contributed by atoms with Crippen LogP contribution in [-0.2, 0) is 26.5 Å². The Morgan fingerprint density at radius 2 is 1.76 bits per heavy atom. The highest BCUT2D eigenvalue weighted by Gasteiger charge is 2.59. The highest BCUT2D eigenvalue weighted by atomic mass is 35.5. The van der Waals surface area contributed by atoms with E-state index in [1.807, 2.05) is 0 Å². The van der Waals surface area contributed by atoms with Crippen LogP contribution in [0.15, 0.2) is 54.7 Å². The molecule has 0 bridgehead atoms. The topological polar surface area (TPSA) is 123 Å². The van der Waals surface area contributed by atoms with E-state index in [1.165, 1.54) is 19.2 Å². The molecule has 0 spiro atoms. The van der Waals surface area contributed by atoms with E-state index in [0.717, 1.165) is 6.92 Å². The Bertz CT molecular complexity index is 1400. The molecule has 0 aliphatic carbocycles. The number of amides is 2. The first-order chi connectivity index (χ1) is 18.0. The van der Waals surface area contributed by atoms with E-state index in [1.54, 1.807) is 42.5 Å². The van der Waals surface area contributed by atoms with Crippen LogP contribution in [0.5, 0.6) is 0 Å². The Hall–Kier alpha value is -3.37. The molecular formula is C27H24Cl2FN3O5. The number of carbonyl (C=O) groups excluding carboxylic acids is 3. The number of aliphatic hydroxyl groups excluding tert-OH is 1. The summed E-state index contributed by atoms with van der Waals surface area (Å²) in [5.41, 5.74) is 4.64. The molecule has 1 unspecified atom stereocenters. The maximum Gasteiger partial charge on any atom is 0.285 e. The minimum Gasteiger partial charge on any atom is -0.385 e. The number of nitrogens with two attached hydrogens (primary N) is 1. The largest absolute Gasteiger partial charge is 0.385 e. The van der Waals surface area contributed by atoms with Crippen LogP contribution < -0.4 is 5.73 Å². The van der Waals surface area contributed by atoms with E-state index in [4.69, 9.17) is 33.7 Å². The fourth-order valence-electron chi connectivity index (χ4n) is 4.34. The highest BCUT2D eigenvalue weighted by Crippen LogP contribution is 2.46. The zero-order valence-electron chi connectivity index (χ0n) is 20.5. The minimum atomic E-state index is -2.62. The number of ketones is 1. The van der Waals surface area contributed by atoms with Crippen LogP contribution in [0.2, 0.25) is 10.0 Å². The first kappa shape index (κ1) is 27.7. The molecule has 0 fully saturated rings. The number of nitrogens with zero attached hydrogens (tertiary/aromatic N) is 2. The Kier molecular flexibility index (Phi) is 7.85. The zero-order chi connectivity index (χ0) is 27.8. The summed E-state index contributed by atoms with van der Waals surface area (Å²) in [6, 6.07) is 13.2. The molecule has 0 radical (unpaired) electrons. The molecule has 0 saturated heterocycles. The summed E-state index contributed by atoms with van der Waals surface area (Å²) in [4.78, 5) is 42.7. The maximum atomic E-state index is 15.9. The first-order valence-corrected chi connectivity index (χ1v) is 12.4. The van der Waals surface area contributed by atoms with Gasteiger partial charge in [0.05, 0.1) is 23.1 Å². The Balaban J connectivity index is 1.97. The van der Waals surface area contributed by atoms with Crippen LogP contribution in [-0.4, -0.2) is 45.5 Å². The van der Waals surface area contributed by atoms with Gasteiger partial charge in [-0.1, -0.05) is 58.9 Å². The minimum absolute atomic E-state index is 0.0779. The van der Waals surface area contributed by atoms with Gasteiger partial charge in [-0.15, -0.1) is 5.12 Å². The second kappa shape index (κ2) is 10.8. The summed E-state index contributed by atoms with van der Waals surface area (Å²) in [6.07, 6.45) is -0.178. The van der Waals surface area contributed by atoms with Crippen LogP contribution in [0, 0.1) is 5.92 Å². The van der Waals surface area contributed by atoms with Crippen molar-refractivity contribution in [2.75, 3.05) is 6.61 Å². The van der Waals surface area contributed by atoms with E-state index in [9.17, 15) is 19.5 Å². The summed E-state index contributed by atoms with van der Waals surface area (Å²) in [6.45, 7) is 2.10. The SMILES string of the molecule is CC(O)C(=O)[C@]1(OC[C@@H](C)C(N)=O)c2ccc(-c3ccc(Cl)cc3)c(Cc3ccc(Cl)cn3)c2C(=O)N1F. The molecule has 198 valence electrons. The van der Waals surface area contributed by atoms with Crippen LogP contribution >= 0.6 is 23.2 Å². The lowest BCUT2D eigenvalue weighted by Crippen LogP contribution is -2.52. The number of aromatic nitrogens is 1. The number of hydrogen-bond acceptors (Lipinski definition) is 6. The number of halogens is 3. The second-order valence-corrected chi connectivity index (χ2v) is 9.92. The Morgan fingerprint density at radius 1 is 1.11 bits per heavy atom. The van der Waals surface area contributed by atoms with Gasteiger partial charge in [0.15, 0.2) is 0 Å². The number of ether oxygens (including phenoxy) is 1. The van der Waals surface area contributed by atoms with Crippen molar-refractivity contribution in [3.8, 4) is 11.1 Å². The van der Waals surface area contributed by atoms with Gasteiger partial charge in [-0.05, 0) is 47.9 Å². The van der Waals surface area contributed by atoms with Crippen molar-refractivity contribution in [2.24, 2.45) is 11.7 Å². The third-order valence-corrected chi connectivity index (χ3v) is 6.87. The summed E-state index contributed by atoms with van der Waals surface area (Å²) in [5.74, 6) is -3.90. The predicted molar refractivity (Wildman–Crippen MR) is 139 cm³/mol. The van der Waals surface area contributed by atoms with Gasteiger partial charge in [0.1, 0.15) is 6.10 Å². The molecule has 3 atom stereocenters. The van der Waals surface area contributed by atoms with Crippen LogP contribution in [0.25, 0.3) is 11.1 Å². The van der Waals surface area contributed by atoms with E-state index < -0.39 is 42.0 Å². The Morgan fingerprint density at radius 3 is 2.34 bits per heavy atom. The van der Waals surface area contributed by atoms with Crippen molar-refractivity contribution in [3.63, 3.8) is 0 Å². The molecule has 1 aromatic heterocycles. The predicted octanol–water partition coefficient (Wildman–Crippen LogP) is 4.23. The van der Waals surface area contributed by atoms with Gasteiger partial charge in [-0.3, -0.25) is 19.4 Å². The van der Waals surface area contributed by atoms with Gasteiger partial charge in [-0.25, -0.2) is 0 Å². The average molecular weight is 560 g/mol. The number of rotatable bonds is 9. The van der Waals surface area contributed by atoms with Crippen molar-refractivity contribution in [3.05, 3.63) is 87.2 Å². The third kappa shape index (κ3) is 4.90. The Labute approximate surface area is 228 Å². The number of benzene rings is 2. The van der Waals surface area contributed by atoms with Crippen molar-refractivity contribution in [1.82, 2.24) is 10.1 Å². The number of primary amides is 1. The number of fused-ring (bicyclic) bond motifs is 1. The molecule has 3 N–H and O–H groups in total. The molecule has 1 aliphatic rings. The molecule has 11 heteroatoms. The number of hydrogen-bond donors (Lipinski definition) is 2. The molecular weight excluding hydrogens is 536 g/mol. The standard InChI is InChI=1S/C27H24Cl2FN3O5/c1-14(25(31)36)13-38-27(24(35)15(2)34)22-10-9-20(16-3-5-17(28)6-4-16)21(23(22)26(37)33(27)30)11-19-8-7-18(29)12-32-19/h3-10,12,14-15,34H,11,13H2,1-2H3,(H2,31,36)/t14-,15?,27-/m1/s1. The van der Waals surface area contributed by atoms with Crippen molar-refractivity contribution in [2.45, 2.75) is 32.1 Å². The fourth-order valence-corrected chi connectivity index (χ4v) is 4.58. The van der Waals surface area contributed by atoms with Crippen LogP contribution in [0.1, 0.15) is 41.0 Å². The molecule has 3 aromatic rings. The van der Waals surface area contributed by atoms with E-state index >= 15 is 4.48 Å². The van der Waals surface area contributed by atoms with E-state index in [2.05, 4.69) is 4.98 Å². The van der Waals surface area contributed by atoms with E-state index in [0.29, 0.717) is 32.4 Å². The number of carbonyl (C=O) groups is 3. The highest BCUT2D eigenvalue weighted by molar-refractivity contribution is 6.30. The molecule has 4 rings (SSSR count). The molecule has 38 heavy (non-hydrogen) atoms. The lowest BCUT2D eigenvalue weighted by molar-refractivity contribution is -0.215. The van der Waals surface area contributed by atoms with E-state index in [-0.39, 0.29) is 22.7 Å². The summed E-state index contributed by atoms with van der Waals surface area (Å²) >= 11 is 12.0. The van der Waals surface area contributed by atoms with Crippen LogP contribution in [0.4, 0.5) is 4.48 Å². The van der Waals surface area contributed by atoms with Crippen LogP contribution in [0.3, 0.4) is 0 Å². The van der Waals surface area contributed by atoms with Crippen molar-refractivity contribution in [1.29, 1.82) is 0 Å². The molecule has 0 saturated carbocycles. The average Bonchev–Trinajstić information content (AvgIpc) is 3.11. The molecule has 8 nitrogen and oxygen atoms in total. The third-order valence-electron chi connectivity index (χ3n) is 6.39. The lowest BCUT2D eigenvalue weighted by atomic mass is 9.86. The van der Waals surface area contributed by atoms with Crippen molar-refractivity contribution < 1.29 is 28.7 Å². The fraction of sp³-hybridized carbons (Fsp3) is 0.259. The molecule has 1 aliphatic heterocycles. The quantitative estimate of drug-likeness (QED) is 0.378. The number of Topliss-reactive ketones (excluding diaryl/α,β-unsaturated/α-hetero) is 1. The number of pyridine rings is 1. The normalized spacial score (nSPS) is 18.3. The smallest absolute Gasteiger partial charge is 0.285 e. The van der Waals surface area contributed by atoms with Gasteiger partial charge >= 0.3 is 0 Å². The lowest BCUT2D eigenvalue weighted by Gasteiger charge is -2.33. The molecule has 2 amide bonds. The maximum absolute atomic E-state index is 15.9. The van der Waals surface area contributed by atoms with Gasteiger partial charge in [0.2, 0.25) is 11.7 Å². The van der Waals surface area contributed by atoms with Gasteiger partial charge in [-0.2, -0.15) is 0 Å². The van der Waals surface area contributed by atoms with Gasteiger partial charge in [0.25, 0.3) is 11.6 Å². The van der Waals surface area contributed by atoms with Crippen molar-refractivity contribution >= 4 is 40.8 Å². The molecule has 2 aromatic carbocycles. The molecule has 2 heterocycles. The second-order valence-electron chi connectivity index (χ2n) is 9.05. The van der Waals surface area contributed by atoms with Gasteiger partial charge in [0, 0.05) is 28.9 Å². The first-order valence-electron chi connectivity index (χ1n) is 11.7. The summed E-state index contributed by atoms with van der Waals surface area (Å²) < 4.78 is 21.6. The van der Waals surface area contributed by atoms with Gasteiger partial charge < -0.3 is 15.6 Å².